The minimum atomic E-state index is -0.669. The fraction of sp³-hybridized carbons (Fsp3) is 0.111. The summed E-state index contributed by atoms with van der Waals surface area (Å²) < 4.78 is 5.15. The molecule has 2 aromatic rings. The number of alkyl carbamates (subject to hydrolysis) is 1. The maximum atomic E-state index is 12.0. The van der Waals surface area contributed by atoms with Gasteiger partial charge in [-0.1, -0.05) is 59.6 Å². The molecule has 0 saturated heterocycles. The lowest BCUT2D eigenvalue weighted by molar-refractivity contribution is -0.112. The second-order valence-electron chi connectivity index (χ2n) is 4.98. The Bertz CT molecular complexity index is 773. The summed E-state index contributed by atoms with van der Waals surface area (Å²) in [6.45, 7) is 1.44. The van der Waals surface area contributed by atoms with E-state index < -0.39 is 6.09 Å². The number of carbonyl (C=O) groups excluding carboxylic acids is 2. The van der Waals surface area contributed by atoms with Gasteiger partial charge in [0.05, 0.1) is 15.7 Å². The zero-order valence-electron chi connectivity index (χ0n) is 12.9. The molecule has 0 atom stereocenters. The fourth-order valence-electron chi connectivity index (χ4n) is 1.94. The molecule has 0 aliphatic carbocycles. The Morgan fingerprint density at radius 3 is 2.42 bits per heavy atom. The van der Waals surface area contributed by atoms with E-state index in [2.05, 4.69) is 5.32 Å². The highest BCUT2D eigenvalue weighted by molar-refractivity contribution is 6.42. The van der Waals surface area contributed by atoms with Crippen molar-refractivity contribution in [1.29, 1.82) is 0 Å². The zero-order chi connectivity index (χ0) is 17.5. The van der Waals surface area contributed by atoms with Gasteiger partial charge in [0, 0.05) is 6.08 Å². The van der Waals surface area contributed by atoms with Gasteiger partial charge in [0.25, 0.3) is 0 Å². The zero-order valence-corrected chi connectivity index (χ0v) is 14.4. The van der Waals surface area contributed by atoms with Gasteiger partial charge in [0.2, 0.25) is 0 Å². The number of nitrogens with one attached hydrogen (secondary N) is 1. The van der Waals surface area contributed by atoms with Crippen molar-refractivity contribution in [2.45, 2.75) is 13.5 Å². The van der Waals surface area contributed by atoms with Gasteiger partial charge in [-0.2, -0.15) is 0 Å². The molecule has 0 aliphatic heterocycles. The van der Waals surface area contributed by atoms with Gasteiger partial charge in [-0.3, -0.25) is 10.1 Å². The van der Waals surface area contributed by atoms with Crippen LogP contribution in [0.25, 0.3) is 5.70 Å². The average Bonchev–Trinajstić information content (AvgIpc) is 2.56. The topological polar surface area (TPSA) is 55.4 Å². The Hall–Kier alpha value is -2.30. The molecular weight excluding hydrogens is 349 g/mol. The van der Waals surface area contributed by atoms with Crippen LogP contribution in [0.4, 0.5) is 4.79 Å². The Morgan fingerprint density at radius 2 is 1.79 bits per heavy atom. The molecule has 124 valence electrons. The first-order valence-corrected chi connectivity index (χ1v) is 7.86. The SMILES string of the molecule is CC(=O)/C=C(/NC(=O)OCc1ccc(Cl)c(Cl)c1)c1ccccc1. The smallest absolute Gasteiger partial charge is 0.411 e. The van der Waals surface area contributed by atoms with Crippen LogP contribution in [0.5, 0.6) is 0 Å². The molecule has 0 fully saturated rings. The summed E-state index contributed by atoms with van der Waals surface area (Å²) in [6.07, 6.45) is 0.674. The van der Waals surface area contributed by atoms with Crippen molar-refractivity contribution in [2.24, 2.45) is 0 Å². The first-order chi connectivity index (χ1) is 11.5. The van der Waals surface area contributed by atoms with E-state index in [-0.39, 0.29) is 12.4 Å². The lowest BCUT2D eigenvalue weighted by Gasteiger charge is -2.11. The molecule has 4 nitrogen and oxygen atoms in total. The first-order valence-electron chi connectivity index (χ1n) is 7.11. The van der Waals surface area contributed by atoms with E-state index in [1.807, 2.05) is 18.2 Å². The number of hydrogen-bond donors (Lipinski definition) is 1. The number of allylic oxidation sites excluding steroid dienone is 1. The van der Waals surface area contributed by atoms with Gasteiger partial charge >= 0.3 is 6.09 Å². The van der Waals surface area contributed by atoms with Crippen LogP contribution in [0.15, 0.2) is 54.6 Å². The normalized spacial score (nSPS) is 11.0. The molecule has 0 aromatic heterocycles. The molecule has 6 heteroatoms. The maximum Gasteiger partial charge on any atom is 0.411 e. The Labute approximate surface area is 150 Å². The van der Waals surface area contributed by atoms with Crippen LogP contribution in [0.1, 0.15) is 18.1 Å². The van der Waals surface area contributed by atoms with Crippen molar-refractivity contribution < 1.29 is 14.3 Å². The minimum Gasteiger partial charge on any atom is -0.444 e. The third kappa shape index (κ3) is 5.41. The summed E-state index contributed by atoms with van der Waals surface area (Å²) in [7, 11) is 0. The van der Waals surface area contributed by atoms with Gasteiger partial charge in [0.1, 0.15) is 6.61 Å². The third-order valence-electron chi connectivity index (χ3n) is 3.02. The van der Waals surface area contributed by atoms with Crippen LogP contribution in [0.3, 0.4) is 0 Å². The van der Waals surface area contributed by atoms with Crippen molar-refractivity contribution in [3.63, 3.8) is 0 Å². The molecule has 2 aromatic carbocycles. The molecule has 0 aliphatic rings. The van der Waals surface area contributed by atoms with Gasteiger partial charge in [-0.25, -0.2) is 4.79 Å². The van der Waals surface area contributed by atoms with Crippen molar-refractivity contribution in [1.82, 2.24) is 5.32 Å². The number of benzene rings is 2. The lowest BCUT2D eigenvalue weighted by atomic mass is 10.1. The van der Waals surface area contributed by atoms with Crippen molar-refractivity contribution >= 4 is 40.8 Å². The lowest BCUT2D eigenvalue weighted by Crippen LogP contribution is -2.23. The molecule has 2 rings (SSSR count). The van der Waals surface area contributed by atoms with E-state index >= 15 is 0 Å². The van der Waals surface area contributed by atoms with Crippen LogP contribution in [-0.2, 0) is 16.1 Å². The average molecular weight is 364 g/mol. The standard InChI is InChI=1S/C18H15Cl2NO3/c1-12(22)9-17(14-5-3-2-4-6-14)21-18(23)24-11-13-7-8-15(19)16(20)10-13/h2-10H,11H2,1H3,(H,21,23)/b17-9+. The Kier molecular flexibility index (Phi) is 6.41. The predicted octanol–water partition coefficient (Wildman–Crippen LogP) is 4.85. The van der Waals surface area contributed by atoms with E-state index in [1.54, 1.807) is 30.3 Å². The first kappa shape index (κ1) is 18.0. The molecule has 0 spiro atoms. The molecule has 0 radical (unpaired) electrons. The van der Waals surface area contributed by atoms with Gasteiger partial charge in [0.15, 0.2) is 5.78 Å². The van der Waals surface area contributed by atoms with E-state index in [9.17, 15) is 9.59 Å². The summed E-state index contributed by atoms with van der Waals surface area (Å²) in [5.41, 5.74) is 1.79. The van der Waals surface area contributed by atoms with E-state index in [1.165, 1.54) is 13.0 Å². The van der Waals surface area contributed by atoms with Crippen LogP contribution < -0.4 is 5.32 Å². The Morgan fingerprint density at radius 1 is 1.08 bits per heavy atom. The van der Waals surface area contributed by atoms with Crippen LogP contribution >= 0.6 is 23.2 Å². The van der Waals surface area contributed by atoms with Crippen LogP contribution in [0.2, 0.25) is 10.0 Å². The predicted molar refractivity (Wildman–Crippen MR) is 94.9 cm³/mol. The van der Waals surface area contributed by atoms with Crippen LogP contribution in [0, 0.1) is 0 Å². The third-order valence-corrected chi connectivity index (χ3v) is 3.76. The largest absolute Gasteiger partial charge is 0.444 e. The highest BCUT2D eigenvalue weighted by Crippen LogP contribution is 2.23. The van der Waals surface area contributed by atoms with Gasteiger partial charge in [-0.15, -0.1) is 0 Å². The second-order valence-corrected chi connectivity index (χ2v) is 5.80. The molecule has 0 unspecified atom stereocenters. The summed E-state index contributed by atoms with van der Waals surface area (Å²) in [5, 5.41) is 3.40. The Balaban J connectivity index is 2.03. The summed E-state index contributed by atoms with van der Waals surface area (Å²) in [6, 6.07) is 14.0. The quantitative estimate of drug-likeness (QED) is 0.772. The van der Waals surface area contributed by atoms with Crippen LogP contribution in [-0.4, -0.2) is 11.9 Å². The minimum absolute atomic E-state index is 0.0326. The molecule has 24 heavy (non-hydrogen) atoms. The molecular formula is C18H15Cl2NO3. The van der Waals surface area contributed by atoms with E-state index in [4.69, 9.17) is 27.9 Å². The maximum absolute atomic E-state index is 12.0. The number of carbonyl (C=O) groups is 2. The highest BCUT2D eigenvalue weighted by atomic mass is 35.5. The number of ether oxygens (including phenoxy) is 1. The molecule has 1 amide bonds. The van der Waals surface area contributed by atoms with Crippen molar-refractivity contribution in [2.75, 3.05) is 0 Å². The number of halogens is 2. The summed E-state index contributed by atoms with van der Waals surface area (Å²) >= 11 is 11.8. The van der Waals surface area contributed by atoms with Crippen molar-refractivity contribution in [3.8, 4) is 0 Å². The number of rotatable bonds is 5. The number of amides is 1. The molecule has 1 N–H and O–H groups in total. The molecule has 0 heterocycles. The highest BCUT2D eigenvalue weighted by Gasteiger charge is 2.09. The van der Waals surface area contributed by atoms with Gasteiger partial charge < -0.3 is 4.74 Å². The molecule has 0 saturated carbocycles. The van der Waals surface area contributed by atoms with Gasteiger partial charge in [-0.05, 0) is 30.2 Å². The molecule has 0 bridgehead atoms. The van der Waals surface area contributed by atoms with Crippen molar-refractivity contribution in [3.05, 3.63) is 75.8 Å². The number of hydrogen-bond acceptors (Lipinski definition) is 3. The second kappa shape index (κ2) is 8.52. The summed E-state index contributed by atoms with van der Waals surface area (Å²) in [5.74, 6) is -0.182. The number of ketones is 1. The monoisotopic (exact) mass is 363 g/mol. The summed E-state index contributed by atoms with van der Waals surface area (Å²) in [4.78, 5) is 23.4. The fourth-order valence-corrected chi connectivity index (χ4v) is 2.26. The van der Waals surface area contributed by atoms with E-state index in [0.29, 0.717) is 26.9 Å². The van der Waals surface area contributed by atoms with E-state index in [0.717, 1.165) is 0 Å².